The normalized spacial score (nSPS) is 13.1. The van der Waals surface area contributed by atoms with Gasteiger partial charge in [0.2, 0.25) is 0 Å². The number of aryl methyl sites for hydroxylation is 1. The van der Waals surface area contributed by atoms with Crippen LogP contribution in [0.2, 0.25) is 19.6 Å². The first kappa shape index (κ1) is 33.6. The van der Waals surface area contributed by atoms with E-state index in [9.17, 15) is 8.78 Å². The molecule has 0 saturated heterocycles. The molecule has 1 saturated carbocycles. The van der Waals surface area contributed by atoms with Gasteiger partial charge in [0.25, 0.3) is 0 Å². The molecule has 0 bridgehead atoms. The third-order valence-corrected chi connectivity index (χ3v) is 10.1. The first-order valence-electron chi connectivity index (χ1n) is 15.0. The van der Waals surface area contributed by atoms with Gasteiger partial charge in [0.15, 0.2) is 0 Å². The number of pyridine rings is 2. The van der Waals surface area contributed by atoms with Gasteiger partial charge in [-0.15, -0.1) is 48.0 Å². The third kappa shape index (κ3) is 8.44. The zero-order chi connectivity index (χ0) is 30.4. The molecule has 1 aliphatic carbocycles. The minimum atomic E-state index is -1.35. The summed E-state index contributed by atoms with van der Waals surface area (Å²) in [5, 5.41) is 1.54. The maximum Gasteiger partial charge on any atom is 0.0798 e. The van der Waals surface area contributed by atoms with Crippen LogP contribution in [-0.2, 0) is 26.5 Å². The van der Waals surface area contributed by atoms with Crippen LogP contribution in [0.4, 0.5) is 8.78 Å². The molecule has 2 nitrogen and oxygen atoms in total. The molecule has 1 aliphatic rings. The Morgan fingerprint density at radius 2 is 1.55 bits per heavy atom. The average Bonchev–Trinajstić information content (AvgIpc) is 3.51. The van der Waals surface area contributed by atoms with Crippen LogP contribution in [-0.4, -0.2) is 18.0 Å². The van der Waals surface area contributed by atoms with E-state index in [1.54, 1.807) is 23.0 Å². The molecule has 0 atom stereocenters. The summed E-state index contributed by atoms with van der Waals surface area (Å²) >= 11 is 0. The molecule has 1 fully saturated rings. The Hall–Kier alpha value is -3.31. The van der Waals surface area contributed by atoms with E-state index in [2.05, 4.69) is 61.2 Å². The molecule has 0 N–H and O–H groups in total. The van der Waals surface area contributed by atoms with Crippen molar-refractivity contribution in [3.63, 3.8) is 0 Å². The smallest absolute Gasteiger partial charge is 0.0798 e. The number of aromatic nitrogens is 2. The van der Waals surface area contributed by atoms with Crippen molar-refractivity contribution in [3.8, 4) is 33.6 Å². The van der Waals surface area contributed by atoms with Crippen molar-refractivity contribution < 1.29 is 28.9 Å². The number of hydrogen-bond acceptors (Lipinski definition) is 2. The Morgan fingerprint density at radius 3 is 2.18 bits per heavy atom. The molecule has 2 heterocycles. The van der Waals surface area contributed by atoms with Crippen LogP contribution < -0.4 is 5.19 Å². The van der Waals surface area contributed by atoms with Crippen LogP contribution in [0.5, 0.6) is 0 Å². The topological polar surface area (TPSA) is 25.8 Å². The van der Waals surface area contributed by atoms with Crippen LogP contribution in [0.15, 0.2) is 91.3 Å². The summed E-state index contributed by atoms with van der Waals surface area (Å²) in [5.74, 6) is -0.423. The zero-order valence-corrected chi connectivity index (χ0v) is 29.2. The van der Waals surface area contributed by atoms with E-state index in [0.717, 1.165) is 46.0 Å². The second kappa shape index (κ2) is 15.1. The van der Waals surface area contributed by atoms with E-state index >= 15 is 0 Å². The summed E-state index contributed by atoms with van der Waals surface area (Å²) in [6.45, 7) is 9.22. The molecular weight excluding hydrogens is 743 g/mol. The van der Waals surface area contributed by atoms with Crippen LogP contribution >= 0.6 is 0 Å². The molecule has 1 radical (unpaired) electrons. The van der Waals surface area contributed by atoms with Gasteiger partial charge in [-0.25, -0.2) is 0 Å². The van der Waals surface area contributed by atoms with E-state index in [4.69, 9.17) is 4.98 Å². The van der Waals surface area contributed by atoms with Crippen molar-refractivity contribution in [1.29, 1.82) is 0 Å². The van der Waals surface area contributed by atoms with E-state index in [-0.39, 0.29) is 25.7 Å². The molecular formula is C38H38F2IrN2Si-2. The van der Waals surface area contributed by atoms with Crippen molar-refractivity contribution in [2.75, 3.05) is 0 Å². The Morgan fingerprint density at radius 1 is 0.841 bits per heavy atom. The van der Waals surface area contributed by atoms with Crippen LogP contribution in [0, 0.1) is 36.6 Å². The molecule has 0 unspecified atom stereocenters. The maximum atomic E-state index is 13.8. The van der Waals surface area contributed by atoms with Gasteiger partial charge in [-0.05, 0) is 47.0 Å². The Labute approximate surface area is 275 Å². The predicted molar refractivity (Wildman–Crippen MR) is 176 cm³/mol. The third-order valence-electron chi connectivity index (χ3n) is 8.08. The number of benzene rings is 3. The second-order valence-electron chi connectivity index (χ2n) is 12.4. The van der Waals surface area contributed by atoms with Gasteiger partial charge in [0.05, 0.1) is 8.07 Å². The average molecular weight is 781 g/mol. The van der Waals surface area contributed by atoms with E-state index in [1.807, 2.05) is 49.4 Å². The SMILES string of the molecule is C[Si](C)(C)c1cnc(-c2[c-]cccc2)cc1CC1CCCC1.Cc1cc(-c2[c-]cc(F)cc2F)ncc1-c1ccccc1.[Ir]. The molecule has 229 valence electrons. The molecule has 6 rings (SSSR count). The second-order valence-corrected chi connectivity index (χ2v) is 17.4. The van der Waals surface area contributed by atoms with Crippen molar-refractivity contribution in [2.24, 2.45) is 5.92 Å². The Bertz CT molecular complexity index is 1660. The molecule has 0 aliphatic heterocycles. The summed E-state index contributed by atoms with van der Waals surface area (Å²) in [6, 6.07) is 30.0. The van der Waals surface area contributed by atoms with E-state index in [0.29, 0.717) is 5.69 Å². The van der Waals surface area contributed by atoms with Gasteiger partial charge >= 0.3 is 0 Å². The summed E-state index contributed by atoms with van der Waals surface area (Å²) < 4.78 is 26.7. The zero-order valence-electron chi connectivity index (χ0n) is 25.8. The summed E-state index contributed by atoms with van der Waals surface area (Å²) in [5.41, 5.74) is 7.38. The number of halogens is 2. The molecule has 6 heteroatoms. The number of nitrogens with zero attached hydrogens (tertiary/aromatic N) is 2. The van der Waals surface area contributed by atoms with Crippen molar-refractivity contribution in [3.05, 3.63) is 126 Å². The minimum absolute atomic E-state index is 0. The summed E-state index contributed by atoms with van der Waals surface area (Å²) in [4.78, 5) is 9.04. The maximum absolute atomic E-state index is 13.8. The molecule has 0 amide bonds. The monoisotopic (exact) mass is 781 g/mol. The van der Waals surface area contributed by atoms with Gasteiger partial charge in [0, 0.05) is 49.7 Å². The first-order chi connectivity index (χ1) is 20.7. The molecule has 0 spiro atoms. The van der Waals surface area contributed by atoms with Gasteiger partial charge in [-0.3, -0.25) is 8.78 Å². The van der Waals surface area contributed by atoms with Gasteiger partial charge in [-0.1, -0.05) is 105 Å². The van der Waals surface area contributed by atoms with Crippen LogP contribution in [0.1, 0.15) is 36.8 Å². The largest absolute Gasteiger partial charge is 0.305 e. The number of rotatable bonds is 6. The molecule has 5 aromatic rings. The standard InChI is InChI=1S/C20H26NSi.C18H12F2N.Ir/c1-22(2,3)20-15-21-19(17-11-5-4-6-12-17)14-18(20)13-16-9-7-8-10-16;1-12-9-18(15-8-7-14(19)10-17(15)20)21-11-16(12)13-5-3-2-4-6-13;/h4-6,11,14-16H,7-10,13H2,1-3H3;2-7,9-11H,1H3;/q2*-1;. The summed E-state index contributed by atoms with van der Waals surface area (Å²) in [6.07, 6.45) is 10.7. The van der Waals surface area contributed by atoms with Gasteiger partial charge in [-0.2, -0.15) is 0 Å². The molecule has 2 aromatic heterocycles. The summed E-state index contributed by atoms with van der Waals surface area (Å²) in [7, 11) is -1.35. The number of hydrogen-bond donors (Lipinski definition) is 0. The van der Waals surface area contributed by atoms with Crippen LogP contribution in [0.25, 0.3) is 33.6 Å². The fraction of sp³-hybridized carbons (Fsp3) is 0.263. The Kier molecular flexibility index (Phi) is 11.5. The van der Waals surface area contributed by atoms with Crippen LogP contribution in [0.3, 0.4) is 0 Å². The van der Waals surface area contributed by atoms with Gasteiger partial charge in [0.1, 0.15) is 0 Å². The van der Waals surface area contributed by atoms with E-state index in [1.165, 1.54) is 32.1 Å². The van der Waals surface area contributed by atoms with Crippen molar-refractivity contribution >= 4 is 13.3 Å². The minimum Gasteiger partial charge on any atom is -0.305 e. The Balaban J connectivity index is 0.000000197. The first-order valence-corrected chi connectivity index (χ1v) is 18.5. The predicted octanol–water partition coefficient (Wildman–Crippen LogP) is 9.63. The fourth-order valence-corrected chi connectivity index (χ4v) is 7.41. The fourth-order valence-electron chi connectivity index (χ4n) is 5.82. The molecule has 44 heavy (non-hydrogen) atoms. The molecule has 3 aromatic carbocycles. The van der Waals surface area contributed by atoms with Crippen molar-refractivity contribution in [1.82, 2.24) is 9.97 Å². The van der Waals surface area contributed by atoms with E-state index < -0.39 is 19.7 Å². The van der Waals surface area contributed by atoms with Crippen molar-refractivity contribution in [2.45, 2.75) is 58.7 Å². The van der Waals surface area contributed by atoms with Gasteiger partial charge < -0.3 is 9.97 Å². The quantitative estimate of drug-likeness (QED) is 0.127.